The molecule has 1 amide bonds. The van der Waals surface area contributed by atoms with Gasteiger partial charge in [0.2, 0.25) is 10.0 Å². The van der Waals surface area contributed by atoms with E-state index in [-0.39, 0.29) is 16.3 Å². The lowest BCUT2D eigenvalue weighted by Gasteiger charge is -2.41. The summed E-state index contributed by atoms with van der Waals surface area (Å²) in [7, 11) is -3.49. The molecule has 0 spiro atoms. The van der Waals surface area contributed by atoms with E-state index in [1.807, 2.05) is 0 Å². The number of carbonyl (C=O) groups is 1. The summed E-state index contributed by atoms with van der Waals surface area (Å²) < 4.78 is 26.3. The zero-order valence-electron chi connectivity index (χ0n) is 15.3. The minimum atomic E-state index is -3.49. The molecular weight excluding hydrogens is 338 g/mol. The number of nitrogens with one attached hydrogen (secondary N) is 2. The van der Waals surface area contributed by atoms with Crippen molar-refractivity contribution in [2.45, 2.75) is 50.5 Å². The normalized spacial score (nSPS) is 16.6. The molecule has 1 aromatic carbocycles. The fraction of sp³-hybridized carbons (Fsp3) is 0.611. The van der Waals surface area contributed by atoms with Crippen molar-refractivity contribution in [1.29, 1.82) is 0 Å². The SMILES string of the molecule is CCNS(=O)(=O)c1ccc(C(=O)NCC(C)(C)N2CCCCC2)cc1. The summed E-state index contributed by atoms with van der Waals surface area (Å²) in [5.41, 5.74) is 0.370. The van der Waals surface area contributed by atoms with E-state index in [9.17, 15) is 13.2 Å². The van der Waals surface area contributed by atoms with Gasteiger partial charge in [0.25, 0.3) is 5.91 Å². The number of sulfonamides is 1. The molecule has 25 heavy (non-hydrogen) atoms. The monoisotopic (exact) mass is 367 g/mol. The third-order valence-corrected chi connectivity index (χ3v) is 6.22. The molecule has 2 N–H and O–H groups in total. The molecular formula is C18H29N3O3S. The van der Waals surface area contributed by atoms with Gasteiger partial charge in [0.1, 0.15) is 0 Å². The van der Waals surface area contributed by atoms with Gasteiger partial charge in [-0.15, -0.1) is 0 Å². The van der Waals surface area contributed by atoms with Crippen LogP contribution in [0, 0.1) is 0 Å². The van der Waals surface area contributed by atoms with Crippen LogP contribution in [0.25, 0.3) is 0 Å². The fourth-order valence-electron chi connectivity index (χ4n) is 3.07. The smallest absolute Gasteiger partial charge is 0.251 e. The van der Waals surface area contributed by atoms with Crippen LogP contribution in [0.2, 0.25) is 0 Å². The molecule has 1 heterocycles. The number of amides is 1. The first kappa shape index (κ1) is 19.9. The van der Waals surface area contributed by atoms with Gasteiger partial charge in [-0.25, -0.2) is 13.1 Å². The Morgan fingerprint density at radius 1 is 1.12 bits per heavy atom. The lowest BCUT2D eigenvalue weighted by atomic mass is 9.98. The van der Waals surface area contributed by atoms with Crippen molar-refractivity contribution in [1.82, 2.24) is 14.9 Å². The Labute approximate surface area is 151 Å². The topological polar surface area (TPSA) is 78.5 Å². The van der Waals surface area contributed by atoms with Crippen LogP contribution in [-0.2, 0) is 10.0 Å². The maximum absolute atomic E-state index is 12.4. The van der Waals surface area contributed by atoms with Crippen LogP contribution in [0.15, 0.2) is 29.2 Å². The first-order valence-corrected chi connectivity index (χ1v) is 10.4. The zero-order chi connectivity index (χ0) is 18.5. The van der Waals surface area contributed by atoms with E-state index in [0.29, 0.717) is 18.7 Å². The molecule has 1 aliphatic rings. The second kappa shape index (κ2) is 8.29. The fourth-order valence-corrected chi connectivity index (χ4v) is 4.11. The van der Waals surface area contributed by atoms with Gasteiger partial charge in [0.05, 0.1) is 4.90 Å². The second-order valence-corrected chi connectivity index (χ2v) is 8.84. The largest absolute Gasteiger partial charge is 0.350 e. The lowest BCUT2D eigenvalue weighted by molar-refractivity contribution is 0.0797. The van der Waals surface area contributed by atoms with Gasteiger partial charge in [0.15, 0.2) is 0 Å². The van der Waals surface area contributed by atoms with Crippen LogP contribution in [0.1, 0.15) is 50.4 Å². The Hall–Kier alpha value is -1.44. The number of piperidine rings is 1. The first-order valence-electron chi connectivity index (χ1n) is 8.89. The van der Waals surface area contributed by atoms with Crippen molar-refractivity contribution in [3.8, 4) is 0 Å². The second-order valence-electron chi connectivity index (χ2n) is 7.07. The average molecular weight is 368 g/mol. The summed E-state index contributed by atoms with van der Waals surface area (Å²) in [6.07, 6.45) is 3.69. The van der Waals surface area contributed by atoms with Gasteiger partial charge < -0.3 is 5.32 Å². The Morgan fingerprint density at radius 3 is 2.28 bits per heavy atom. The van der Waals surface area contributed by atoms with E-state index < -0.39 is 10.0 Å². The summed E-state index contributed by atoms with van der Waals surface area (Å²) >= 11 is 0. The van der Waals surface area contributed by atoms with Crippen molar-refractivity contribution < 1.29 is 13.2 Å². The summed E-state index contributed by atoms with van der Waals surface area (Å²) in [6.45, 7) is 9.04. The van der Waals surface area contributed by atoms with Gasteiger partial charge in [-0.3, -0.25) is 9.69 Å². The number of hydrogen-bond acceptors (Lipinski definition) is 4. The zero-order valence-corrected chi connectivity index (χ0v) is 16.2. The highest BCUT2D eigenvalue weighted by Gasteiger charge is 2.28. The Balaban J connectivity index is 1.96. The Bertz CT molecular complexity index is 678. The van der Waals surface area contributed by atoms with Crippen molar-refractivity contribution in [3.05, 3.63) is 29.8 Å². The Kier molecular flexibility index (Phi) is 6.59. The number of hydrogen-bond donors (Lipinski definition) is 2. The van der Waals surface area contributed by atoms with Crippen molar-refractivity contribution in [2.24, 2.45) is 0 Å². The number of nitrogens with zero attached hydrogens (tertiary/aromatic N) is 1. The van der Waals surface area contributed by atoms with E-state index in [1.54, 1.807) is 19.1 Å². The van der Waals surface area contributed by atoms with Crippen LogP contribution < -0.4 is 10.0 Å². The molecule has 0 radical (unpaired) electrons. The van der Waals surface area contributed by atoms with Crippen LogP contribution in [-0.4, -0.2) is 50.9 Å². The molecule has 0 saturated carbocycles. The molecule has 1 fully saturated rings. The molecule has 1 aromatic rings. The molecule has 2 rings (SSSR count). The molecule has 1 aliphatic heterocycles. The minimum absolute atomic E-state index is 0.0929. The van der Waals surface area contributed by atoms with E-state index in [4.69, 9.17) is 0 Å². The van der Waals surface area contributed by atoms with Crippen molar-refractivity contribution in [2.75, 3.05) is 26.2 Å². The molecule has 0 aromatic heterocycles. The summed E-state index contributed by atoms with van der Waals surface area (Å²) in [4.78, 5) is 15.0. The van der Waals surface area contributed by atoms with Gasteiger partial charge in [-0.05, 0) is 64.0 Å². The molecule has 6 nitrogen and oxygen atoms in total. The van der Waals surface area contributed by atoms with Crippen LogP contribution in [0.4, 0.5) is 0 Å². The molecule has 140 valence electrons. The van der Waals surface area contributed by atoms with Crippen molar-refractivity contribution >= 4 is 15.9 Å². The van der Waals surface area contributed by atoms with Gasteiger partial charge >= 0.3 is 0 Å². The third-order valence-electron chi connectivity index (χ3n) is 4.65. The van der Waals surface area contributed by atoms with Gasteiger partial charge in [-0.1, -0.05) is 13.3 Å². The summed E-state index contributed by atoms with van der Waals surface area (Å²) in [5, 5.41) is 2.97. The maximum Gasteiger partial charge on any atom is 0.251 e. The van der Waals surface area contributed by atoms with Crippen LogP contribution >= 0.6 is 0 Å². The number of carbonyl (C=O) groups excluding carboxylic acids is 1. The molecule has 0 aliphatic carbocycles. The van der Waals surface area contributed by atoms with E-state index in [0.717, 1.165) is 13.1 Å². The predicted molar refractivity (Wildman–Crippen MR) is 99.1 cm³/mol. The highest BCUT2D eigenvalue weighted by Crippen LogP contribution is 2.20. The molecule has 0 atom stereocenters. The van der Waals surface area contributed by atoms with Crippen LogP contribution in [0.5, 0.6) is 0 Å². The molecule has 0 bridgehead atoms. The summed E-state index contributed by atoms with van der Waals surface area (Å²) in [5.74, 6) is -0.183. The van der Waals surface area contributed by atoms with E-state index in [2.05, 4.69) is 28.8 Å². The first-order chi connectivity index (χ1) is 11.8. The summed E-state index contributed by atoms with van der Waals surface area (Å²) in [6, 6.07) is 6.02. The highest BCUT2D eigenvalue weighted by atomic mass is 32.2. The van der Waals surface area contributed by atoms with Gasteiger partial charge in [0, 0.05) is 24.2 Å². The number of benzene rings is 1. The van der Waals surface area contributed by atoms with Crippen molar-refractivity contribution in [3.63, 3.8) is 0 Å². The van der Waals surface area contributed by atoms with Crippen LogP contribution in [0.3, 0.4) is 0 Å². The number of rotatable bonds is 7. The Morgan fingerprint density at radius 2 is 1.72 bits per heavy atom. The predicted octanol–water partition coefficient (Wildman–Crippen LogP) is 1.98. The van der Waals surface area contributed by atoms with E-state index in [1.165, 1.54) is 31.4 Å². The molecule has 0 unspecified atom stereocenters. The van der Waals surface area contributed by atoms with Gasteiger partial charge in [-0.2, -0.15) is 0 Å². The third kappa shape index (κ3) is 5.26. The maximum atomic E-state index is 12.4. The molecule has 1 saturated heterocycles. The minimum Gasteiger partial charge on any atom is -0.350 e. The standard InChI is InChI=1S/C18H29N3O3S/c1-4-20-25(23,24)16-10-8-15(9-11-16)17(22)19-14-18(2,3)21-12-6-5-7-13-21/h8-11,20H,4-7,12-14H2,1-3H3,(H,19,22). The average Bonchev–Trinajstić information content (AvgIpc) is 2.60. The quantitative estimate of drug-likeness (QED) is 0.772. The highest BCUT2D eigenvalue weighted by molar-refractivity contribution is 7.89. The van der Waals surface area contributed by atoms with E-state index >= 15 is 0 Å². The number of likely N-dealkylation sites (tertiary alicyclic amines) is 1. The lowest BCUT2D eigenvalue weighted by Crippen LogP contribution is -2.53. The molecule has 7 heteroatoms.